The van der Waals surface area contributed by atoms with Crippen molar-refractivity contribution in [3.05, 3.63) is 35.4 Å². The molecule has 96 valence electrons. The molecule has 2 N–H and O–H groups in total. The van der Waals surface area contributed by atoms with Gasteiger partial charge in [0.15, 0.2) is 0 Å². The van der Waals surface area contributed by atoms with Crippen LogP contribution in [-0.2, 0) is 4.74 Å². The Kier molecular flexibility index (Phi) is 5.51. The van der Waals surface area contributed by atoms with Crippen LogP contribution in [0.5, 0.6) is 0 Å². The monoisotopic (exact) mass is 243 g/mol. The van der Waals surface area contributed by atoms with Gasteiger partial charge in [0.05, 0.1) is 12.1 Å². The predicted molar refractivity (Wildman–Crippen MR) is 63.6 cm³/mol. The van der Waals surface area contributed by atoms with E-state index >= 15 is 0 Å². The van der Waals surface area contributed by atoms with Gasteiger partial charge in [-0.15, -0.1) is 0 Å². The lowest BCUT2D eigenvalue weighted by molar-refractivity contribution is 0.0366. The summed E-state index contributed by atoms with van der Waals surface area (Å²) in [5, 5.41) is 0. The molecular weight excluding hydrogens is 224 g/mol. The number of hydrogen-bond donors (Lipinski definition) is 1. The number of ether oxygens (including phenoxy) is 1. The molecule has 0 aliphatic carbocycles. The Morgan fingerprint density at radius 1 is 1.29 bits per heavy atom. The van der Waals surface area contributed by atoms with Crippen LogP contribution < -0.4 is 5.73 Å². The van der Waals surface area contributed by atoms with Crippen molar-refractivity contribution in [2.45, 2.75) is 38.8 Å². The number of nitrogens with two attached hydrogens (primary N) is 1. The predicted octanol–water partition coefficient (Wildman–Crippen LogP) is 3.17. The average molecular weight is 243 g/mol. The Hall–Kier alpha value is -1.00. The fourth-order valence-corrected chi connectivity index (χ4v) is 1.84. The third-order valence-corrected chi connectivity index (χ3v) is 2.67. The van der Waals surface area contributed by atoms with Crippen molar-refractivity contribution in [1.29, 1.82) is 0 Å². The van der Waals surface area contributed by atoms with E-state index in [0.29, 0.717) is 6.61 Å². The molecule has 0 bridgehead atoms. The molecule has 0 saturated carbocycles. The molecule has 0 aromatic heterocycles. The first-order valence-electron chi connectivity index (χ1n) is 5.92. The molecule has 2 nitrogen and oxygen atoms in total. The van der Waals surface area contributed by atoms with E-state index in [9.17, 15) is 8.78 Å². The molecule has 1 aromatic carbocycles. The summed E-state index contributed by atoms with van der Waals surface area (Å²) in [6, 6.07) is 2.69. The minimum atomic E-state index is -0.634. The summed E-state index contributed by atoms with van der Waals surface area (Å²) in [5.41, 5.74) is 6.13. The van der Waals surface area contributed by atoms with E-state index in [1.54, 1.807) is 0 Å². The van der Waals surface area contributed by atoms with Crippen LogP contribution >= 0.6 is 0 Å². The van der Waals surface area contributed by atoms with Gasteiger partial charge in [-0.2, -0.15) is 0 Å². The smallest absolute Gasteiger partial charge is 0.128 e. The largest absolute Gasteiger partial charge is 0.377 e. The van der Waals surface area contributed by atoms with Crippen LogP contribution in [-0.4, -0.2) is 12.7 Å². The molecule has 0 aliphatic rings. The Balaban J connectivity index is 2.91. The minimum Gasteiger partial charge on any atom is -0.377 e. The number of hydrogen-bond acceptors (Lipinski definition) is 2. The first-order valence-corrected chi connectivity index (χ1v) is 5.92. The molecule has 0 spiro atoms. The topological polar surface area (TPSA) is 35.2 Å². The summed E-state index contributed by atoms with van der Waals surface area (Å²) in [4.78, 5) is 0. The second-order valence-corrected chi connectivity index (χ2v) is 3.97. The fourth-order valence-electron chi connectivity index (χ4n) is 1.84. The van der Waals surface area contributed by atoms with Crippen molar-refractivity contribution < 1.29 is 13.5 Å². The highest BCUT2D eigenvalue weighted by Crippen LogP contribution is 2.23. The summed E-state index contributed by atoms with van der Waals surface area (Å²) < 4.78 is 32.1. The highest BCUT2D eigenvalue weighted by molar-refractivity contribution is 5.23. The molecule has 1 aromatic rings. The van der Waals surface area contributed by atoms with E-state index in [1.807, 2.05) is 13.8 Å². The Morgan fingerprint density at radius 3 is 2.59 bits per heavy atom. The van der Waals surface area contributed by atoms with Gasteiger partial charge in [-0.1, -0.05) is 13.3 Å². The molecule has 0 heterocycles. The zero-order chi connectivity index (χ0) is 12.8. The quantitative estimate of drug-likeness (QED) is 0.833. The fraction of sp³-hybridized carbons (Fsp3) is 0.538. The van der Waals surface area contributed by atoms with E-state index in [2.05, 4.69) is 0 Å². The molecule has 0 aliphatic heterocycles. The number of halogens is 2. The van der Waals surface area contributed by atoms with Crippen molar-refractivity contribution in [1.82, 2.24) is 0 Å². The van der Waals surface area contributed by atoms with Gasteiger partial charge in [-0.3, -0.25) is 0 Å². The van der Waals surface area contributed by atoms with Crippen LogP contribution in [0.15, 0.2) is 18.2 Å². The van der Waals surface area contributed by atoms with Crippen molar-refractivity contribution in [2.24, 2.45) is 5.73 Å². The molecule has 0 amide bonds. The van der Waals surface area contributed by atoms with E-state index in [0.717, 1.165) is 31.0 Å². The van der Waals surface area contributed by atoms with Crippen molar-refractivity contribution >= 4 is 0 Å². The summed E-state index contributed by atoms with van der Waals surface area (Å²) in [7, 11) is 0. The van der Waals surface area contributed by atoms with Crippen LogP contribution in [0.2, 0.25) is 0 Å². The lowest BCUT2D eigenvalue weighted by atomic mass is 9.98. The van der Waals surface area contributed by atoms with Gasteiger partial charge in [-0.05, 0) is 31.5 Å². The van der Waals surface area contributed by atoms with Gasteiger partial charge in [0, 0.05) is 12.2 Å². The van der Waals surface area contributed by atoms with Crippen LogP contribution in [0.25, 0.3) is 0 Å². The summed E-state index contributed by atoms with van der Waals surface area (Å²) in [5.74, 6) is -0.969. The summed E-state index contributed by atoms with van der Waals surface area (Å²) in [6.07, 6.45) is 1.33. The Bertz CT molecular complexity index is 351. The second-order valence-electron chi connectivity index (χ2n) is 3.97. The van der Waals surface area contributed by atoms with E-state index in [4.69, 9.17) is 10.5 Å². The maximum absolute atomic E-state index is 13.6. The Morgan fingerprint density at radius 2 is 2.00 bits per heavy atom. The lowest BCUT2D eigenvalue weighted by Crippen LogP contribution is -2.30. The lowest BCUT2D eigenvalue weighted by Gasteiger charge is -2.24. The Labute approximate surface area is 101 Å². The third-order valence-electron chi connectivity index (χ3n) is 2.67. The zero-order valence-electron chi connectivity index (χ0n) is 10.2. The van der Waals surface area contributed by atoms with Crippen molar-refractivity contribution in [2.75, 3.05) is 6.61 Å². The average Bonchev–Trinajstić information content (AvgIpc) is 2.31. The van der Waals surface area contributed by atoms with E-state index in [-0.39, 0.29) is 11.7 Å². The molecule has 4 heteroatoms. The normalized spacial score (nSPS) is 14.6. The summed E-state index contributed by atoms with van der Waals surface area (Å²) in [6.45, 7) is 4.37. The molecular formula is C13H19F2NO. The van der Waals surface area contributed by atoms with Gasteiger partial charge < -0.3 is 10.5 Å². The molecule has 1 rings (SSSR count). The van der Waals surface area contributed by atoms with Gasteiger partial charge in [0.1, 0.15) is 11.6 Å². The maximum atomic E-state index is 13.6. The van der Waals surface area contributed by atoms with Gasteiger partial charge in [0.25, 0.3) is 0 Å². The zero-order valence-corrected chi connectivity index (χ0v) is 10.2. The SMILES string of the molecule is CCCC(OCC)C(N)c1cc(F)ccc1F. The second kappa shape index (κ2) is 6.67. The summed E-state index contributed by atoms with van der Waals surface area (Å²) >= 11 is 0. The van der Waals surface area contributed by atoms with Crippen LogP contribution in [0.1, 0.15) is 38.3 Å². The molecule has 0 fully saturated rings. The first kappa shape index (κ1) is 14.1. The molecule has 2 unspecified atom stereocenters. The highest BCUT2D eigenvalue weighted by atomic mass is 19.1. The number of rotatable bonds is 6. The van der Waals surface area contributed by atoms with Crippen molar-refractivity contribution in [3.8, 4) is 0 Å². The van der Waals surface area contributed by atoms with Crippen LogP contribution in [0.3, 0.4) is 0 Å². The molecule has 17 heavy (non-hydrogen) atoms. The van der Waals surface area contributed by atoms with Crippen LogP contribution in [0.4, 0.5) is 8.78 Å². The minimum absolute atomic E-state index is 0.178. The van der Waals surface area contributed by atoms with Gasteiger partial charge in [-0.25, -0.2) is 8.78 Å². The molecule has 2 atom stereocenters. The van der Waals surface area contributed by atoms with E-state index in [1.165, 1.54) is 0 Å². The maximum Gasteiger partial charge on any atom is 0.128 e. The third kappa shape index (κ3) is 3.75. The van der Waals surface area contributed by atoms with E-state index < -0.39 is 17.7 Å². The van der Waals surface area contributed by atoms with Crippen molar-refractivity contribution in [3.63, 3.8) is 0 Å². The molecule has 0 radical (unpaired) electrons. The van der Waals surface area contributed by atoms with Gasteiger partial charge >= 0.3 is 0 Å². The molecule has 0 saturated heterocycles. The standard InChI is InChI=1S/C13H19F2NO/c1-3-5-12(17-4-2)13(16)10-8-9(14)6-7-11(10)15/h6-8,12-13H,3-5,16H2,1-2H3. The van der Waals surface area contributed by atoms with Crippen LogP contribution in [0, 0.1) is 11.6 Å². The first-order chi connectivity index (χ1) is 8.10. The highest BCUT2D eigenvalue weighted by Gasteiger charge is 2.22. The van der Waals surface area contributed by atoms with Gasteiger partial charge in [0.2, 0.25) is 0 Å². The number of benzene rings is 1.